The molecule has 0 aromatic heterocycles. The van der Waals surface area contributed by atoms with Crippen LogP contribution in [0.4, 0.5) is 0 Å². The van der Waals surface area contributed by atoms with Crippen LogP contribution < -0.4 is 5.32 Å². The van der Waals surface area contributed by atoms with E-state index in [1.165, 1.54) is 0 Å². The van der Waals surface area contributed by atoms with E-state index in [0.29, 0.717) is 13.0 Å². The third kappa shape index (κ3) is 11.8. The molecule has 1 saturated heterocycles. The van der Waals surface area contributed by atoms with Crippen molar-refractivity contribution in [3.8, 4) is 11.8 Å². The third-order valence-electron chi connectivity index (χ3n) is 2.26. The molecule has 4 nitrogen and oxygen atoms in total. The minimum absolute atomic E-state index is 0.104. The highest BCUT2D eigenvalue weighted by Crippen LogP contribution is 2.03. The first-order valence-corrected chi connectivity index (χ1v) is 7.06. The Morgan fingerprint density at radius 3 is 2.68 bits per heavy atom. The number of nitrogens with zero attached hydrogens (tertiary/aromatic N) is 1. The van der Waals surface area contributed by atoms with Crippen LogP contribution in [-0.4, -0.2) is 50.2 Å². The van der Waals surface area contributed by atoms with Gasteiger partial charge in [-0.05, 0) is 5.92 Å². The van der Waals surface area contributed by atoms with Crippen molar-refractivity contribution in [2.75, 3.05) is 32.8 Å². The number of amides is 1. The van der Waals surface area contributed by atoms with Gasteiger partial charge in [0.2, 0.25) is 6.41 Å². The molecule has 1 N–H and O–H groups in total. The van der Waals surface area contributed by atoms with Crippen molar-refractivity contribution in [1.29, 1.82) is 0 Å². The average Bonchev–Trinajstić information content (AvgIpc) is 2.36. The number of carbonyl (C=O) groups is 1. The van der Waals surface area contributed by atoms with Crippen LogP contribution in [0.15, 0.2) is 0 Å². The Labute approximate surface area is 117 Å². The molecule has 0 radical (unpaired) electrons. The number of nitrogens with one attached hydrogen (secondary N) is 1. The highest BCUT2D eigenvalue weighted by atomic mass is 16.5. The molecule has 1 unspecified atom stereocenters. The van der Waals surface area contributed by atoms with Gasteiger partial charge in [0.25, 0.3) is 0 Å². The van der Waals surface area contributed by atoms with Gasteiger partial charge in [-0.3, -0.25) is 9.69 Å². The molecule has 110 valence electrons. The Kier molecular flexibility index (Phi) is 11.3. The molecular weight excluding hydrogens is 240 g/mol. The maximum absolute atomic E-state index is 10.1. The number of ether oxygens (including phenoxy) is 1. The molecule has 1 aliphatic rings. The summed E-state index contributed by atoms with van der Waals surface area (Å²) in [4.78, 5) is 12.4. The quantitative estimate of drug-likeness (QED) is 0.621. The van der Waals surface area contributed by atoms with Gasteiger partial charge in [0.1, 0.15) is 0 Å². The van der Waals surface area contributed by atoms with Crippen LogP contribution in [0.1, 0.15) is 34.1 Å². The van der Waals surface area contributed by atoms with Gasteiger partial charge in [0.05, 0.1) is 19.3 Å². The summed E-state index contributed by atoms with van der Waals surface area (Å²) in [5, 5.41) is 2.64. The lowest BCUT2D eigenvalue weighted by molar-refractivity contribution is -0.110. The predicted molar refractivity (Wildman–Crippen MR) is 78.8 cm³/mol. The summed E-state index contributed by atoms with van der Waals surface area (Å²) >= 11 is 0. The highest BCUT2D eigenvalue weighted by molar-refractivity contribution is 5.45. The number of hydrogen-bond acceptors (Lipinski definition) is 3. The third-order valence-corrected chi connectivity index (χ3v) is 2.26. The summed E-state index contributed by atoms with van der Waals surface area (Å²) in [5.41, 5.74) is 0. The summed E-state index contributed by atoms with van der Waals surface area (Å²) in [6.45, 7) is 12.4. The van der Waals surface area contributed by atoms with Crippen LogP contribution in [0, 0.1) is 17.8 Å². The average molecular weight is 268 g/mol. The van der Waals surface area contributed by atoms with Crippen LogP contribution in [-0.2, 0) is 9.53 Å². The largest absolute Gasteiger partial charge is 0.374 e. The van der Waals surface area contributed by atoms with Crippen LogP contribution in [0.2, 0.25) is 0 Å². The van der Waals surface area contributed by atoms with E-state index in [-0.39, 0.29) is 6.10 Å². The molecule has 0 aliphatic carbocycles. The number of rotatable bonds is 4. The van der Waals surface area contributed by atoms with Crippen LogP contribution >= 0.6 is 0 Å². The number of carbonyl (C=O) groups excluding carboxylic acids is 1. The van der Waals surface area contributed by atoms with E-state index < -0.39 is 0 Å². The van der Waals surface area contributed by atoms with Gasteiger partial charge >= 0.3 is 0 Å². The zero-order chi connectivity index (χ0) is 14.5. The van der Waals surface area contributed by atoms with Gasteiger partial charge in [-0.2, -0.15) is 0 Å². The van der Waals surface area contributed by atoms with Crippen molar-refractivity contribution in [3.63, 3.8) is 0 Å². The number of morpholine rings is 1. The first-order valence-electron chi connectivity index (χ1n) is 7.06. The van der Waals surface area contributed by atoms with Crippen molar-refractivity contribution < 1.29 is 9.53 Å². The maximum Gasteiger partial charge on any atom is 0.207 e. The second-order valence-corrected chi connectivity index (χ2v) is 5.19. The van der Waals surface area contributed by atoms with E-state index in [4.69, 9.17) is 4.74 Å². The standard InChI is InChI=1S/C11H18N2O2.C4H10/c1-2-3-4-5-13-6-7-15-11(9-13)8-12-10-14;1-4(2)3/h10-11H,2,5-9H2,1H3,(H,12,14);4H,1-3H3. The van der Waals surface area contributed by atoms with Crippen molar-refractivity contribution in [2.24, 2.45) is 5.92 Å². The lowest BCUT2D eigenvalue weighted by Gasteiger charge is -2.31. The summed E-state index contributed by atoms with van der Waals surface area (Å²) in [7, 11) is 0. The van der Waals surface area contributed by atoms with Crippen LogP contribution in [0.5, 0.6) is 0 Å². The van der Waals surface area contributed by atoms with Crippen molar-refractivity contribution >= 4 is 6.41 Å². The molecule has 1 fully saturated rings. The molecular formula is C15H28N2O2. The molecule has 0 saturated carbocycles. The molecule has 0 spiro atoms. The molecule has 0 bridgehead atoms. The normalized spacial score (nSPS) is 18.9. The topological polar surface area (TPSA) is 41.6 Å². The molecule has 0 aromatic rings. The van der Waals surface area contributed by atoms with Crippen molar-refractivity contribution in [3.05, 3.63) is 0 Å². The summed E-state index contributed by atoms with van der Waals surface area (Å²) in [5.74, 6) is 6.99. The van der Waals surface area contributed by atoms with E-state index in [1.807, 2.05) is 6.92 Å². The Morgan fingerprint density at radius 2 is 2.11 bits per heavy atom. The molecule has 1 rings (SSSR count). The van der Waals surface area contributed by atoms with E-state index >= 15 is 0 Å². The van der Waals surface area contributed by atoms with Gasteiger partial charge in [-0.25, -0.2) is 0 Å². The number of hydrogen-bond donors (Lipinski definition) is 1. The van der Waals surface area contributed by atoms with Crippen molar-refractivity contribution in [2.45, 2.75) is 40.2 Å². The lowest BCUT2D eigenvalue weighted by Crippen LogP contribution is -2.46. The highest BCUT2D eigenvalue weighted by Gasteiger charge is 2.18. The monoisotopic (exact) mass is 268 g/mol. The van der Waals surface area contributed by atoms with Crippen LogP contribution in [0.25, 0.3) is 0 Å². The Bertz CT molecular complexity index is 279. The Hall–Kier alpha value is -1.05. The minimum atomic E-state index is 0.104. The van der Waals surface area contributed by atoms with Gasteiger partial charge < -0.3 is 10.1 Å². The molecule has 1 heterocycles. The Morgan fingerprint density at radius 1 is 1.42 bits per heavy atom. The molecule has 1 amide bonds. The fourth-order valence-corrected chi connectivity index (χ4v) is 1.52. The summed E-state index contributed by atoms with van der Waals surface area (Å²) in [6, 6.07) is 0. The second kappa shape index (κ2) is 12.0. The molecule has 4 heteroatoms. The predicted octanol–water partition coefficient (Wildman–Crippen LogP) is 1.51. The van der Waals surface area contributed by atoms with Gasteiger partial charge in [0, 0.05) is 26.1 Å². The Balaban J connectivity index is 0.000000711. The SMILES string of the molecule is CC(C)C.CCC#CCN1CCOC(CNC=O)C1. The van der Waals surface area contributed by atoms with E-state index in [9.17, 15) is 4.79 Å². The summed E-state index contributed by atoms with van der Waals surface area (Å²) < 4.78 is 5.51. The first kappa shape index (κ1) is 17.9. The fourth-order valence-electron chi connectivity index (χ4n) is 1.52. The van der Waals surface area contributed by atoms with E-state index in [2.05, 4.69) is 42.8 Å². The van der Waals surface area contributed by atoms with Gasteiger partial charge in [-0.1, -0.05) is 33.6 Å². The molecule has 19 heavy (non-hydrogen) atoms. The van der Waals surface area contributed by atoms with Gasteiger partial charge in [-0.15, -0.1) is 5.92 Å². The molecule has 1 atom stereocenters. The lowest BCUT2D eigenvalue weighted by atomic mass is 10.2. The molecule has 0 aromatic carbocycles. The zero-order valence-corrected chi connectivity index (χ0v) is 12.7. The molecule has 1 aliphatic heterocycles. The maximum atomic E-state index is 10.1. The van der Waals surface area contributed by atoms with Crippen LogP contribution in [0.3, 0.4) is 0 Å². The van der Waals surface area contributed by atoms with Gasteiger partial charge in [0.15, 0.2) is 0 Å². The first-order chi connectivity index (χ1) is 9.10. The van der Waals surface area contributed by atoms with E-state index in [1.54, 1.807) is 0 Å². The second-order valence-electron chi connectivity index (χ2n) is 5.19. The fraction of sp³-hybridized carbons (Fsp3) is 0.800. The van der Waals surface area contributed by atoms with E-state index in [0.717, 1.165) is 38.6 Å². The minimum Gasteiger partial charge on any atom is -0.374 e. The smallest absolute Gasteiger partial charge is 0.207 e. The van der Waals surface area contributed by atoms with Crippen molar-refractivity contribution in [1.82, 2.24) is 10.2 Å². The summed E-state index contributed by atoms with van der Waals surface area (Å²) in [6.07, 6.45) is 1.71. The zero-order valence-electron chi connectivity index (χ0n) is 12.7.